The number of aromatic amines is 1. The van der Waals surface area contributed by atoms with Crippen LogP contribution in [0.1, 0.15) is 5.56 Å². The minimum Gasteiger partial charge on any atom is -0.481 e. The molecule has 0 saturated carbocycles. The van der Waals surface area contributed by atoms with Crippen LogP contribution in [0.2, 0.25) is 0 Å². The molecule has 0 aliphatic rings. The highest BCUT2D eigenvalue weighted by atomic mass is 32.2. The lowest BCUT2D eigenvalue weighted by atomic mass is 10.1. The van der Waals surface area contributed by atoms with Crippen molar-refractivity contribution >= 4 is 16.0 Å². The van der Waals surface area contributed by atoms with E-state index >= 15 is 0 Å². The van der Waals surface area contributed by atoms with E-state index in [1.807, 2.05) is 0 Å². The van der Waals surface area contributed by atoms with Crippen molar-refractivity contribution in [1.82, 2.24) is 15.0 Å². The van der Waals surface area contributed by atoms with Crippen LogP contribution in [0.3, 0.4) is 0 Å². The number of hydrogen-bond acceptors (Lipinski definition) is 6. The van der Waals surface area contributed by atoms with E-state index in [0.29, 0.717) is 0 Å². The molecule has 3 aromatic rings. The van der Waals surface area contributed by atoms with E-state index < -0.39 is 34.6 Å². The molecule has 12 heteroatoms. The molecular formula is C18H17F3N4O4S. The Morgan fingerprint density at radius 2 is 1.77 bits per heavy atom. The molecule has 2 N–H and O–H groups in total. The van der Waals surface area contributed by atoms with E-state index in [1.54, 1.807) is 6.07 Å². The first-order valence-electron chi connectivity index (χ1n) is 8.48. The van der Waals surface area contributed by atoms with E-state index in [2.05, 4.69) is 19.7 Å². The third kappa shape index (κ3) is 4.48. The van der Waals surface area contributed by atoms with Crippen molar-refractivity contribution in [3.05, 3.63) is 47.9 Å². The fourth-order valence-corrected chi connectivity index (χ4v) is 3.64. The largest absolute Gasteiger partial charge is 0.481 e. The summed E-state index contributed by atoms with van der Waals surface area (Å²) in [4.78, 5) is 10.2. The molecule has 0 fully saturated rings. The summed E-state index contributed by atoms with van der Waals surface area (Å²) in [5.41, 5.74) is 0.341. The molecule has 0 unspecified atom stereocenters. The summed E-state index contributed by atoms with van der Waals surface area (Å²) in [7, 11) is -1.79. The first kappa shape index (κ1) is 21.4. The molecule has 0 atom stereocenters. The molecule has 1 aromatic carbocycles. The van der Waals surface area contributed by atoms with Gasteiger partial charge in [0, 0.05) is 23.9 Å². The Balaban J connectivity index is 1.93. The highest BCUT2D eigenvalue weighted by molar-refractivity contribution is 7.92. The van der Waals surface area contributed by atoms with E-state index in [4.69, 9.17) is 9.47 Å². The normalized spacial score (nSPS) is 11.5. The van der Waals surface area contributed by atoms with Gasteiger partial charge in [0.1, 0.15) is 10.7 Å². The Kier molecular flexibility index (Phi) is 6.15. The maximum atomic E-state index is 13.9. The molecule has 0 radical (unpaired) electrons. The van der Waals surface area contributed by atoms with Crippen LogP contribution >= 0.6 is 0 Å². The van der Waals surface area contributed by atoms with Gasteiger partial charge in [0.25, 0.3) is 10.0 Å². The van der Waals surface area contributed by atoms with Gasteiger partial charge >= 0.3 is 0 Å². The number of nitrogens with zero attached hydrogens (tertiary/aromatic N) is 2. The zero-order chi connectivity index (χ0) is 21.9. The van der Waals surface area contributed by atoms with Crippen LogP contribution in [0.25, 0.3) is 11.3 Å². The van der Waals surface area contributed by atoms with Gasteiger partial charge in [-0.3, -0.25) is 0 Å². The molecule has 8 nitrogen and oxygen atoms in total. The Labute approximate surface area is 170 Å². The Morgan fingerprint density at radius 1 is 1.13 bits per heavy atom. The molecule has 0 bridgehead atoms. The third-order valence-corrected chi connectivity index (χ3v) is 5.34. The summed E-state index contributed by atoms with van der Waals surface area (Å²) in [5.74, 6) is -1.46. The van der Waals surface area contributed by atoms with Crippen LogP contribution in [-0.4, -0.2) is 44.0 Å². The summed E-state index contributed by atoms with van der Waals surface area (Å²) in [6.07, 6.45) is -2.27. The van der Waals surface area contributed by atoms with Crippen molar-refractivity contribution in [3.8, 4) is 23.0 Å². The smallest absolute Gasteiger partial charge is 0.265 e. The average Bonchev–Trinajstić information content (AvgIpc) is 3.19. The molecular weight excluding hydrogens is 425 g/mol. The van der Waals surface area contributed by atoms with E-state index in [1.165, 1.54) is 44.7 Å². The number of ether oxygens (including phenoxy) is 2. The van der Waals surface area contributed by atoms with Gasteiger partial charge in [-0.15, -0.1) is 0 Å². The molecule has 3 rings (SSSR count). The number of nitrogens with one attached hydrogen (secondary N) is 2. The van der Waals surface area contributed by atoms with Gasteiger partial charge in [-0.25, -0.2) is 26.3 Å². The van der Waals surface area contributed by atoms with E-state index in [9.17, 15) is 21.6 Å². The fraction of sp³-hybridized carbons (Fsp3) is 0.222. The Hall–Kier alpha value is -3.28. The molecule has 0 aliphatic heterocycles. The quantitative estimate of drug-likeness (QED) is 0.555. The number of rotatable bonds is 8. The number of aromatic nitrogens is 3. The fourth-order valence-electron chi connectivity index (χ4n) is 2.70. The zero-order valence-corrected chi connectivity index (χ0v) is 16.6. The lowest BCUT2D eigenvalue weighted by Gasteiger charge is -2.13. The van der Waals surface area contributed by atoms with Crippen LogP contribution in [0.15, 0.2) is 41.4 Å². The standard InChI is InChI=1S/C18H17F3N4O4S/c1-28-16-12(8-15(20)21)17(29-2)24-18(23-16)25-30(26,27)10-7-14(22-9-10)11-5-3-4-6-13(11)19/h3-7,9,15,22H,8H2,1-2H3,(H,23,24,25). The number of benzene rings is 1. The number of halogens is 3. The second-order valence-electron chi connectivity index (χ2n) is 5.97. The number of methoxy groups -OCH3 is 2. The lowest BCUT2D eigenvalue weighted by molar-refractivity contribution is 0.146. The second-order valence-corrected chi connectivity index (χ2v) is 7.66. The number of anilines is 1. The minimum atomic E-state index is -4.19. The summed E-state index contributed by atoms with van der Waals surface area (Å²) in [5, 5.41) is 0. The van der Waals surface area contributed by atoms with Crippen molar-refractivity contribution in [2.24, 2.45) is 0 Å². The number of alkyl halides is 2. The third-order valence-electron chi connectivity index (χ3n) is 4.03. The second kappa shape index (κ2) is 8.61. The van der Waals surface area contributed by atoms with Crippen molar-refractivity contribution in [2.45, 2.75) is 17.7 Å². The molecule has 0 spiro atoms. The van der Waals surface area contributed by atoms with Crippen LogP contribution in [0, 0.1) is 5.82 Å². The maximum absolute atomic E-state index is 13.9. The van der Waals surface area contributed by atoms with Gasteiger partial charge in [-0.05, 0) is 18.2 Å². The molecule has 2 heterocycles. The summed E-state index contributed by atoms with van der Waals surface area (Å²) in [6.45, 7) is 0. The number of hydrogen-bond donors (Lipinski definition) is 2. The van der Waals surface area contributed by atoms with Crippen LogP contribution in [0.5, 0.6) is 11.8 Å². The van der Waals surface area contributed by atoms with Gasteiger partial charge in [0.15, 0.2) is 0 Å². The van der Waals surface area contributed by atoms with Crippen molar-refractivity contribution in [3.63, 3.8) is 0 Å². The minimum absolute atomic E-state index is 0.0959. The number of H-pyrrole nitrogens is 1. The molecule has 0 saturated heterocycles. The molecule has 0 aliphatic carbocycles. The predicted molar refractivity (Wildman–Crippen MR) is 102 cm³/mol. The monoisotopic (exact) mass is 442 g/mol. The van der Waals surface area contributed by atoms with E-state index in [-0.39, 0.29) is 33.5 Å². The van der Waals surface area contributed by atoms with E-state index in [0.717, 1.165) is 0 Å². The summed E-state index contributed by atoms with van der Waals surface area (Å²) in [6, 6.07) is 7.09. The van der Waals surface area contributed by atoms with Crippen LogP contribution in [0.4, 0.5) is 19.1 Å². The number of sulfonamides is 1. The van der Waals surface area contributed by atoms with Crippen LogP contribution in [-0.2, 0) is 16.4 Å². The van der Waals surface area contributed by atoms with Gasteiger partial charge in [0.2, 0.25) is 24.1 Å². The Morgan fingerprint density at radius 3 is 2.33 bits per heavy atom. The first-order valence-corrected chi connectivity index (χ1v) is 9.96. The molecule has 2 aromatic heterocycles. The predicted octanol–water partition coefficient (Wildman–Crippen LogP) is 3.24. The SMILES string of the molecule is COc1nc(NS(=O)(=O)c2c[nH]c(-c3ccccc3F)c2)nc(OC)c1CC(F)F. The van der Waals surface area contributed by atoms with Crippen molar-refractivity contribution < 1.29 is 31.1 Å². The highest BCUT2D eigenvalue weighted by Gasteiger charge is 2.24. The van der Waals surface area contributed by atoms with Gasteiger partial charge in [-0.2, -0.15) is 9.97 Å². The average molecular weight is 442 g/mol. The zero-order valence-electron chi connectivity index (χ0n) is 15.8. The Bertz CT molecular complexity index is 1130. The van der Waals surface area contributed by atoms with Gasteiger partial charge in [0.05, 0.1) is 19.8 Å². The maximum Gasteiger partial charge on any atom is 0.265 e. The molecule has 0 amide bonds. The van der Waals surface area contributed by atoms with Crippen molar-refractivity contribution in [1.29, 1.82) is 0 Å². The summed E-state index contributed by atoms with van der Waals surface area (Å²) >= 11 is 0. The molecule has 30 heavy (non-hydrogen) atoms. The molecule has 160 valence electrons. The summed E-state index contributed by atoms with van der Waals surface area (Å²) < 4.78 is 77.0. The van der Waals surface area contributed by atoms with Gasteiger partial charge in [-0.1, -0.05) is 12.1 Å². The van der Waals surface area contributed by atoms with Crippen LogP contribution < -0.4 is 14.2 Å². The lowest BCUT2D eigenvalue weighted by Crippen LogP contribution is -2.16. The first-order chi connectivity index (χ1) is 14.2. The van der Waals surface area contributed by atoms with Crippen molar-refractivity contribution in [2.75, 3.05) is 18.9 Å². The topological polar surface area (TPSA) is 106 Å². The van der Waals surface area contributed by atoms with Gasteiger partial charge < -0.3 is 14.5 Å². The highest BCUT2D eigenvalue weighted by Crippen LogP contribution is 2.30.